The van der Waals surface area contributed by atoms with Gasteiger partial charge in [-0.05, 0) is 30.7 Å². The van der Waals surface area contributed by atoms with Crippen LogP contribution in [0, 0.1) is 0 Å². The van der Waals surface area contributed by atoms with Crippen molar-refractivity contribution in [3.63, 3.8) is 0 Å². The van der Waals surface area contributed by atoms with Crippen LogP contribution in [-0.4, -0.2) is 44.2 Å². The second-order valence-electron chi connectivity index (χ2n) is 6.07. The third-order valence-electron chi connectivity index (χ3n) is 4.23. The molecule has 1 aromatic heterocycles. The maximum Gasteiger partial charge on any atom is 0.221 e. The van der Waals surface area contributed by atoms with E-state index in [4.69, 9.17) is 0 Å². The molecule has 1 unspecified atom stereocenters. The van der Waals surface area contributed by atoms with Crippen LogP contribution in [0.1, 0.15) is 12.8 Å². The Morgan fingerprint density at radius 1 is 1.16 bits per heavy atom. The van der Waals surface area contributed by atoms with Crippen LogP contribution in [0.2, 0.25) is 0 Å². The number of benzene rings is 1. The summed E-state index contributed by atoms with van der Waals surface area (Å²) in [5.41, 5.74) is 0. The van der Waals surface area contributed by atoms with Crippen LogP contribution >= 0.6 is 0 Å². The van der Waals surface area contributed by atoms with Gasteiger partial charge in [0.05, 0.1) is 10.6 Å². The highest BCUT2D eigenvalue weighted by Crippen LogP contribution is 2.17. The first-order chi connectivity index (χ1) is 12.0. The van der Waals surface area contributed by atoms with Gasteiger partial charge >= 0.3 is 0 Å². The van der Waals surface area contributed by atoms with E-state index in [0.717, 1.165) is 18.8 Å². The zero-order valence-corrected chi connectivity index (χ0v) is 14.7. The third kappa shape index (κ3) is 4.57. The number of nitrogens with one attached hydrogen (secondary N) is 1. The molecular weight excluding hydrogens is 338 g/mol. The maximum atomic E-state index is 12.2. The predicted molar refractivity (Wildman–Crippen MR) is 96.1 cm³/mol. The summed E-state index contributed by atoms with van der Waals surface area (Å²) in [7, 11) is -3.42. The Hall–Kier alpha value is -2.41. The maximum absolute atomic E-state index is 12.2. The number of hydrogen-bond donors (Lipinski definition) is 1. The van der Waals surface area contributed by atoms with Crippen molar-refractivity contribution in [2.75, 3.05) is 23.7 Å². The lowest BCUT2D eigenvalue weighted by molar-refractivity contribution is -0.121. The average molecular weight is 359 g/mol. The monoisotopic (exact) mass is 359 g/mol. The Labute approximate surface area is 147 Å². The van der Waals surface area contributed by atoms with Crippen LogP contribution in [0.3, 0.4) is 0 Å². The molecule has 1 saturated heterocycles. The van der Waals surface area contributed by atoms with E-state index >= 15 is 0 Å². The Morgan fingerprint density at radius 2 is 1.92 bits per heavy atom. The molecule has 0 spiro atoms. The van der Waals surface area contributed by atoms with Gasteiger partial charge in [0.1, 0.15) is 5.82 Å². The van der Waals surface area contributed by atoms with Crippen molar-refractivity contribution in [1.82, 2.24) is 10.3 Å². The van der Waals surface area contributed by atoms with E-state index in [-0.39, 0.29) is 29.0 Å². The van der Waals surface area contributed by atoms with Crippen molar-refractivity contribution >= 4 is 21.6 Å². The van der Waals surface area contributed by atoms with E-state index < -0.39 is 9.84 Å². The van der Waals surface area contributed by atoms with Gasteiger partial charge in [-0.1, -0.05) is 24.3 Å². The summed E-state index contributed by atoms with van der Waals surface area (Å²) >= 11 is 0. The molecule has 1 N–H and O–H groups in total. The summed E-state index contributed by atoms with van der Waals surface area (Å²) in [6, 6.07) is 14.0. The van der Waals surface area contributed by atoms with Gasteiger partial charge in [-0.25, -0.2) is 13.4 Å². The van der Waals surface area contributed by atoms with Crippen LogP contribution in [0.15, 0.2) is 59.6 Å². The Kier molecular flexibility index (Phi) is 5.33. The molecule has 1 aliphatic heterocycles. The molecule has 0 saturated carbocycles. The zero-order chi connectivity index (χ0) is 17.7. The number of carbonyl (C=O) groups is 1. The third-order valence-corrected chi connectivity index (χ3v) is 5.96. The van der Waals surface area contributed by atoms with E-state index in [0.29, 0.717) is 6.54 Å². The van der Waals surface area contributed by atoms with Crippen LogP contribution in [0.25, 0.3) is 0 Å². The van der Waals surface area contributed by atoms with E-state index in [2.05, 4.69) is 15.2 Å². The van der Waals surface area contributed by atoms with Crippen molar-refractivity contribution in [3.8, 4) is 0 Å². The lowest BCUT2D eigenvalue weighted by Crippen LogP contribution is -2.37. The van der Waals surface area contributed by atoms with Crippen molar-refractivity contribution in [2.24, 2.45) is 0 Å². The van der Waals surface area contributed by atoms with Gasteiger partial charge in [-0.2, -0.15) is 0 Å². The Balaban J connectivity index is 1.49. The van der Waals surface area contributed by atoms with E-state index in [9.17, 15) is 13.2 Å². The normalized spacial score (nSPS) is 17.4. The quantitative estimate of drug-likeness (QED) is 0.848. The second kappa shape index (κ2) is 7.65. The molecular formula is C18H21N3O3S. The molecule has 2 aromatic rings. The van der Waals surface area contributed by atoms with Crippen LogP contribution in [0.5, 0.6) is 0 Å². The lowest BCUT2D eigenvalue weighted by atomic mass is 10.2. The number of sulfone groups is 1. The minimum atomic E-state index is -3.42. The smallest absolute Gasteiger partial charge is 0.221 e. The number of rotatable bonds is 6. The first-order valence-corrected chi connectivity index (χ1v) is 9.93. The van der Waals surface area contributed by atoms with Gasteiger partial charge in [-0.3, -0.25) is 4.79 Å². The van der Waals surface area contributed by atoms with Crippen molar-refractivity contribution in [3.05, 3.63) is 54.7 Å². The van der Waals surface area contributed by atoms with Crippen LogP contribution in [0.4, 0.5) is 5.82 Å². The largest absolute Gasteiger partial charge is 0.354 e. The number of amides is 1. The number of anilines is 1. The topological polar surface area (TPSA) is 79.4 Å². The molecule has 1 atom stereocenters. The summed E-state index contributed by atoms with van der Waals surface area (Å²) in [5.74, 6) is 0.484. The predicted octanol–water partition coefficient (Wildman–Crippen LogP) is 1.64. The minimum Gasteiger partial charge on any atom is -0.354 e. The van der Waals surface area contributed by atoms with Crippen LogP contribution < -0.4 is 10.2 Å². The number of hydrogen-bond acceptors (Lipinski definition) is 5. The highest BCUT2D eigenvalue weighted by Gasteiger charge is 2.25. The summed E-state index contributed by atoms with van der Waals surface area (Å²) in [5, 5.41) is 2.93. The number of carbonyl (C=O) groups excluding carboxylic acids is 1. The summed E-state index contributed by atoms with van der Waals surface area (Å²) < 4.78 is 24.4. The molecule has 0 aliphatic carbocycles. The van der Waals surface area contributed by atoms with Gasteiger partial charge in [0.15, 0.2) is 9.84 Å². The molecule has 3 rings (SSSR count). The van der Waals surface area contributed by atoms with Crippen molar-refractivity contribution < 1.29 is 13.2 Å². The molecule has 1 fully saturated rings. The molecule has 2 heterocycles. The standard InChI is InChI=1S/C18H21N3O3S/c22-18(10-13-25(23,24)16-6-2-1-3-7-16)20-15-9-12-21(14-15)17-8-4-5-11-19-17/h1-8,11,15H,9-10,12-14H2,(H,20,22). The average Bonchev–Trinajstić information content (AvgIpc) is 3.10. The fourth-order valence-corrected chi connectivity index (χ4v) is 4.16. The number of nitrogens with zero attached hydrogens (tertiary/aromatic N) is 2. The van der Waals surface area contributed by atoms with Gasteiger partial charge in [-0.15, -0.1) is 0 Å². The first-order valence-electron chi connectivity index (χ1n) is 8.28. The lowest BCUT2D eigenvalue weighted by Gasteiger charge is -2.17. The first kappa shape index (κ1) is 17.4. The molecule has 25 heavy (non-hydrogen) atoms. The minimum absolute atomic E-state index is 0.0222. The molecule has 1 aliphatic rings. The molecule has 0 bridgehead atoms. The van der Waals surface area contributed by atoms with E-state index in [1.165, 1.54) is 0 Å². The zero-order valence-electron chi connectivity index (χ0n) is 13.8. The number of aromatic nitrogens is 1. The highest BCUT2D eigenvalue weighted by molar-refractivity contribution is 7.91. The fraction of sp³-hybridized carbons (Fsp3) is 0.333. The molecule has 1 aromatic carbocycles. The summed E-state index contributed by atoms with van der Waals surface area (Å²) in [4.78, 5) is 18.8. The molecule has 7 heteroatoms. The fourth-order valence-electron chi connectivity index (χ4n) is 2.90. The van der Waals surface area contributed by atoms with Crippen molar-refractivity contribution in [2.45, 2.75) is 23.8 Å². The van der Waals surface area contributed by atoms with Gasteiger partial charge in [0, 0.05) is 31.7 Å². The summed E-state index contributed by atoms with van der Waals surface area (Å²) in [6.45, 7) is 1.51. The highest BCUT2D eigenvalue weighted by atomic mass is 32.2. The Bertz CT molecular complexity index is 810. The molecule has 132 valence electrons. The van der Waals surface area contributed by atoms with Crippen molar-refractivity contribution in [1.29, 1.82) is 0 Å². The SMILES string of the molecule is O=C(CCS(=O)(=O)c1ccccc1)NC1CCN(c2ccccn2)C1. The Morgan fingerprint density at radius 3 is 2.64 bits per heavy atom. The molecule has 6 nitrogen and oxygen atoms in total. The van der Waals surface area contributed by atoms with Gasteiger partial charge < -0.3 is 10.2 Å². The van der Waals surface area contributed by atoms with Crippen LogP contribution in [-0.2, 0) is 14.6 Å². The van der Waals surface area contributed by atoms with E-state index in [1.807, 2.05) is 18.2 Å². The molecule has 1 amide bonds. The second-order valence-corrected chi connectivity index (χ2v) is 8.18. The molecule has 0 radical (unpaired) electrons. The number of pyridine rings is 1. The van der Waals surface area contributed by atoms with Gasteiger partial charge in [0.2, 0.25) is 5.91 Å². The summed E-state index contributed by atoms with van der Waals surface area (Å²) in [6.07, 6.45) is 2.54. The van der Waals surface area contributed by atoms with Gasteiger partial charge in [0.25, 0.3) is 0 Å². The van der Waals surface area contributed by atoms with E-state index in [1.54, 1.807) is 36.5 Å².